The first kappa shape index (κ1) is 20.0. The molecule has 4 rings (SSSR count). The predicted octanol–water partition coefficient (Wildman–Crippen LogP) is 5.74. The summed E-state index contributed by atoms with van der Waals surface area (Å²) >= 11 is 5.99. The Labute approximate surface area is 175 Å². The fourth-order valence-corrected chi connectivity index (χ4v) is 4.14. The molecule has 2 aliphatic rings. The Hall–Kier alpha value is -2.34. The molecule has 2 atom stereocenters. The van der Waals surface area contributed by atoms with Crippen LogP contribution in [-0.2, 0) is 5.41 Å². The van der Waals surface area contributed by atoms with E-state index in [9.17, 15) is 9.18 Å². The molecule has 1 aliphatic heterocycles. The molecule has 2 unspecified atom stereocenters. The van der Waals surface area contributed by atoms with Crippen LogP contribution in [0.25, 0.3) is 0 Å². The van der Waals surface area contributed by atoms with Crippen LogP contribution in [0.1, 0.15) is 63.3 Å². The summed E-state index contributed by atoms with van der Waals surface area (Å²) in [6.07, 6.45) is 4.31. The van der Waals surface area contributed by atoms with E-state index in [1.165, 1.54) is 6.07 Å². The van der Waals surface area contributed by atoms with E-state index >= 15 is 0 Å². The number of benzene rings is 1. The molecule has 1 amide bonds. The normalized spacial score (nSPS) is 23.5. The van der Waals surface area contributed by atoms with Crippen molar-refractivity contribution in [1.29, 1.82) is 0 Å². The Morgan fingerprint density at radius 1 is 1.38 bits per heavy atom. The number of nitrogens with zero attached hydrogens (tertiary/aromatic N) is 1. The summed E-state index contributed by atoms with van der Waals surface area (Å²) in [5.41, 5.74) is 2.47. The van der Waals surface area contributed by atoms with Gasteiger partial charge < -0.3 is 15.4 Å². The quantitative estimate of drug-likeness (QED) is 0.665. The van der Waals surface area contributed by atoms with Crippen molar-refractivity contribution >= 4 is 23.4 Å². The molecule has 1 saturated carbocycles. The molecule has 2 N–H and O–H groups in total. The SMILES string of the molecule is CCC1(C)CC(c2ccc(F)c(Cl)c2)Nc2ccc(OC(=O)NC3CCC3)nc21. The fourth-order valence-electron chi connectivity index (χ4n) is 3.95. The van der Waals surface area contributed by atoms with E-state index in [1.54, 1.807) is 18.2 Å². The summed E-state index contributed by atoms with van der Waals surface area (Å²) in [5, 5.41) is 6.46. The van der Waals surface area contributed by atoms with Gasteiger partial charge in [0, 0.05) is 17.5 Å². The highest BCUT2D eigenvalue weighted by molar-refractivity contribution is 6.30. The molecule has 1 aliphatic carbocycles. The first-order valence-electron chi connectivity index (χ1n) is 10.1. The van der Waals surface area contributed by atoms with E-state index in [0.29, 0.717) is 5.88 Å². The molecule has 7 heteroatoms. The average Bonchev–Trinajstić information content (AvgIpc) is 2.67. The van der Waals surface area contributed by atoms with Crippen LogP contribution in [0.5, 0.6) is 5.88 Å². The number of carbonyl (C=O) groups excluding carboxylic acids is 1. The number of hydrogen-bond acceptors (Lipinski definition) is 4. The van der Waals surface area contributed by atoms with Crippen molar-refractivity contribution in [3.05, 3.63) is 52.4 Å². The maximum Gasteiger partial charge on any atom is 0.414 e. The van der Waals surface area contributed by atoms with E-state index in [1.807, 2.05) is 6.07 Å². The van der Waals surface area contributed by atoms with Gasteiger partial charge in [-0.2, -0.15) is 0 Å². The third-order valence-corrected chi connectivity index (χ3v) is 6.47. The number of ether oxygens (including phenoxy) is 1. The van der Waals surface area contributed by atoms with E-state index in [4.69, 9.17) is 16.3 Å². The molecule has 2 aromatic rings. The zero-order chi connectivity index (χ0) is 20.6. The lowest BCUT2D eigenvalue weighted by molar-refractivity contribution is 0.186. The van der Waals surface area contributed by atoms with Crippen LogP contribution in [0.3, 0.4) is 0 Å². The van der Waals surface area contributed by atoms with Gasteiger partial charge in [0.1, 0.15) is 5.82 Å². The van der Waals surface area contributed by atoms with Gasteiger partial charge in [-0.15, -0.1) is 0 Å². The minimum absolute atomic E-state index is 0.0129. The molecule has 154 valence electrons. The highest BCUT2D eigenvalue weighted by Gasteiger charge is 2.38. The summed E-state index contributed by atoms with van der Waals surface area (Å²) in [6.45, 7) is 4.26. The number of rotatable bonds is 4. The standard InChI is InChI=1S/C22H25ClFN3O2/c1-3-22(2)12-18(13-7-8-16(24)15(23)11-13)26-17-9-10-19(27-20(17)22)29-21(28)25-14-5-4-6-14/h7-11,14,18,26H,3-6,12H2,1-2H3,(H,25,28). The molecule has 1 fully saturated rings. The summed E-state index contributed by atoms with van der Waals surface area (Å²) in [5.74, 6) is -0.126. The van der Waals surface area contributed by atoms with E-state index in [-0.39, 0.29) is 22.5 Å². The minimum atomic E-state index is -0.456. The van der Waals surface area contributed by atoms with Crippen molar-refractivity contribution in [2.24, 2.45) is 0 Å². The monoisotopic (exact) mass is 417 g/mol. The highest BCUT2D eigenvalue weighted by atomic mass is 35.5. The third-order valence-electron chi connectivity index (χ3n) is 6.18. The maximum atomic E-state index is 13.6. The smallest absolute Gasteiger partial charge is 0.391 e. The Morgan fingerprint density at radius 3 is 2.83 bits per heavy atom. The number of amides is 1. The topological polar surface area (TPSA) is 63.2 Å². The van der Waals surface area contributed by atoms with Crippen LogP contribution in [-0.4, -0.2) is 17.1 Å². The van der Waals surface area contributed by atoms with Crippen molar-refractivity contribution in [3.63, 3.8) is 0 Å². The largest absolute Gasteiger partial charge is 0.414 e. The van der Waals surface area contributed by atoms with Crippen LogP contribution >= 0.6 is 11.6 Å². The lowest BCUT2D eigenvalue weighted by Gasteiger charge is -2.40. The van der Waals surface area contributed by atoms with Crippen molar-refractivity contribution in [1.82, 2.24) is 10.3 Å². The van der Waals surface area contributed by atoms with Gasteiger partial charge in [0.2, 0.25) is 5.88 Å². The molecule has 0 radical (unpaired) electrons. The van der Waals surface area contributed by atoms with Crippen LogP contribution in [0.4, 0.5) is 14.9 Å². The number of carbonyl (C=O) groups is 1. The Balaban J connectivity index is 1.57. The molecule has 29 heavy (non-hydrogen) atoms. The summed E-state index contributed by atoms with van der Waals surface area (Å²) in [4.78, 5) is 16.7. The van der Waals surface area contributed by atoms with E-state index < -0.39 is 11.9 Å². The van der Waals surface area contributed by atoms with E-state index in [0.717, 1.165) is 49.0 Å². The second kappa shape index (κ2) is 7.82. The maximum absolute atomic E-state index is 13.6. The van der Waals surface area contributed by atoms with Gasteiger partial charge >= 0.3 is 6.09 Å². The summed E-state index contributed by atoms with van der Waals surface area (Å²) in [7, 11) is 0. The molecule has 5 nitrogen and oxygen atoms in total. The van der Waals surface area contributed by atoms with Gasteiger partial charge in [-0.25, -0.2) is 14.2 Å². The molecule has 0 spiro atoms. The van der Waals surface area contributed by atoms with Crippen molar-refractivity contribution in [2.75, 3.05) is 5.32 Å². The number of fused-ring (bicyclic) bond motifs is 1. The zero-order valence-corrected chi connectivity index (χ0v) is 17.4. The summed E-state index contributed by atoms with van der Waals surface area (Å²) < 4.78 is 19.0. The van der Waals surface area contributed by atoms with Crippen LogP contribution in [0, 0.1) is 5.82 Å². The van der Waals surface area contributed by atoms with Gasteiger partial charge in [-0.1, -0.05) is 31.5 Å². The minimum Gasteiger partial charge on any atom is -0.391 e. The number of nitrogens with one attached hydrogen (secondary N) is 2. The molecule has 0 saturated heterocycles. The van der Waals surface area contributed by atoms with Gasteiger partial charge in [0.05, 0.1) is 22.4 Å². The second-order valence-corrected chi connectivity index (χ2v) is 8.60. The average molecular weight is 418 g/mol. The van der Waals surface area contributed by atoms with E-state index in [2.05, 4.69) is 29.5 Å². The van der Waals surface area contributed by atoms with Crippen molar-refractivity contribution in [2.45, 2.75) is 63.5 Å². The summed E-state index contributed by atoms with van der Waals surface area (Å²) in [6, 6.07) is 8.61. The number of aromatic nitrogens is 1. The predicted molar refractivity (Wildman–Crippen MR) is 111 cm³/mol. The van der Waals surface area contributed by atoms with Gasteiger partial charge in [0.25, 0.3) is 0 Å². The Bertz CT molecular complexity index is 934. The van der Waals surface area contributed by atoms with Gasteiger partial charge in [0.15, 0.2) is 0 Å². The number of anilines is 1. The van der Waals surface area contributed by atoms with Crippen LogP contribution in [0.2, 0.25) is 5.02 Å². The first-order chi connectivity index (χ1) is 13.9. The Kier molecular flexibility index (Phi) is 5.38. The number of hydrogen-bond donors (Lipinski definition) is 2. The van der Waals surface area contributed by atoms with Crippen LogP contribution < -0.4 is 15.4 Å². The second-order valence-electron chi connectivity index (χ2n) is 8.20. The van der Waals surface area contributed by atoms with Crippen LogP contribution in [0.15, 0.2) is 30.3 Å². The first-order valence-corrected chi connectivity index (χ1v) is 10.5. The Morgan fingerprint density at radius 2 is 2.17 bits per heavy atom. The third kappa shape index (κ3) is 4.04. The number of pyridine rings is 1. The van der Waals surface area contributed by atoms with Crippen molar-refractivity contribution in [3.8, 4) is 5.88 Å². The molecule has 1 aromatic heterocycles. The molecular formula is C22H25ClFN3O2. The van der Waals surface area contributed by atoms with Crippen molar-refractivity contribution < 1.29 is 13.9 Å². The fraction of sp³-hybridized carbons (Fsp3) is 0.455. The number of halogens is 2. The lowest BCUT2D eigenvalue weighted by atomic mass is 9.73. The zero-order valence-electron chi connectivity index (χ0n) is 16.6. The van der Waals surface area contributed by atoms with Gasteiger partial charge in [-0.3, -0.25) is 0 Å². The molecule has 0 bridgehead atoms. The highest BCUT2D eigenvalue weighted by Crippen LogP contribution is 2.46. The molecule has 2 heterocycles. The molecule has 1 aromatic carbocycles. The van der Waals surface area contributed by atoms with Gasteiger partial charge in [-0.05, 0) is 55.9 Å². The molecular weight excluding hydrogens is 393 g/mol. The lowest BCUT2D eigenvalue weighted by Crippen LogP contribution is -2.41.